The first kappa shape index (κ1) is 21.7. The van der Waals surface area contributed by atoms with E-state index in [0.717, 1.165) is 36.0 Å². The molecule has 0 saturated heterocycles. The number of benzene rings is 1. The van der Waals surface area contributed by atoms with Crippen molar-refractivity contribution in [1.29, 1.82) is 0 Å². The summed E-state index contributed by atoms with van der Waals surface area (Å²) in [5, 5.41) is 3.34. The predicted octanol–water partition coefficient (Wildman–Crippen LogP) is 5.18. The molecule has 1 saturated carbocycles. The number of imidazole rings is 1. The van der Waals surface area contributed by atoms with Gasteiger partial charge in [-0.05, 0) is 50.8 Å². The molecule has 1 aliphatic carbocycles. The SMILES string of the molecule is Cc1c([C@@H](C)Nc2nc3cnc(C)n3c3c2CN(C(=O)C2(C)CC2)C3)cccc1C(F)(F)F. The van der Waals surface area contributed by atoms with Gasteiger partial charge >= 0.3 is 6.18 Å². The van der Waals surface area contributed by atoms with E-state index < -0.39 is 17.8 Å². The molecule has 33 heavy (non-hydrogen) atoms. The van der Waals surface area contributed by atoms with Crippen molar-refractivity contribution in [3.8, 4) is 0 Å². The Morgan fingerprint density at radius 3 is 2.61 bits per heavy atom. The van der Waals surface area contributed by atoms with Gasteiger partial charge in [-0.15, -0.1) is 0 Å². The molecule has 9 heteroatoms. The van der Waals surface area contributed by atoms with Crippen molar-refractivity contribution in [2.24, 2.45) is 5.41 Å². The third-order valence-electron chi connectivity index (χ3n) is 7.04. The number of carbonyl (C=O) groups excluding carboxylic acids is 1. The minimum Gasteiger partial charge on any atom is -0.363 e. The van der Waals surface area contributed by atoms with Crippen molar-refractivity contribution in [3.05, 3.63) is 58.2 Å². The summed E-state index contributed by atoms with van der Waals surface area (Å²) in [5.41, 5.74) is 2.31. The Balaban J connectivity index is 1.52. The first-order valence-corrected chi connectivity index (χ1v) is 11.1. The van der Waals surface area contributed by atoms with E-state index in [1.54, 1.807) is 12.3 Å². The van der Waals surface area contributed by atoms with E-state index in [0.29, 0.717) is 30.1 Å². The van der Waals surface area contributed by atoms with Crippen LogP contribution in [0.1, 0.15) is 66.5 Å². The van der Waals surface area contributed by atoms with Crippen LogP contribution in [0.3, 0.4) is 0 Å². The molecule has 0 radical (unpaired) electrons. The van der Waals surface area contributed by atoms with E-state index in [9.17, 15) is 18.0 Å². The van der Waals surface area contributed by atoms with Crippen LogP contribution in [0.4, 0.5) is 19.0 Å². The summed E-state index contributed by atoms with van der Waals surface area (Å²) in [6.07, 6.45) is -0.943. The number of hydrogen-bond donors (Lipinski definition) is 1. The molecule has 1 fully saturated rings. The number of nitrogens with one attached hydrogen (secondary N) is 1. The molecule has 1 N–H and O–H groups in total. The minimum absolute atomic E-state index is 0.136. The monoisotopic (exact) mass is 457 g/mol. The standard InChI is InChI=1S/C24H26F3N5O/c1-13-16(6-5-7-18(13)24(25,26)27)14(2)29-21-17-11-31(22(33)23(4)8-9-23)12-19(17)32-15(3)28-10-20(32)30-21/h5-7,10,14H,8-9,11-12H2,1-4H3,(H,29,30)/t14-/m1/s1. The molecule has 1 amide bonds. The molecule has 5 rings (SSSR count). The molecule has 6 nitrogen and oxygen atoms in total. The van der Waals surface area contributed by atoms with Crippen molar-refractivity contribution in [2.45, 2.75) is 65.8 Å². The van der Waals surface area contributed by atoms with Crippen LogP contribution in [-0.4, -0.2) is 25.2 Å². The fourth-order valence-corrected chi connectivity index (χ4v) is 4.82. The van der Waals surface area contributed by atoms with Gasteiger partial charge in [0.05, 0.1) is 36.6 Å². The first-order chi connectivity index (χ1) is 15.5. The van der Waals surface area contributed by atoms with Gasteiger partial charge in [-0.2, -0.15) is 13.2 Å². The van der Waals surface area contributed by atoms with Crippen LogP contribution in [0.2, 0.25) is 0 Å². The Hall–Kier alpha value is -3.10. The van der Waals surface area contributed by atoms with Crippen LogP contribution in [0.5, 0.6) is 0 Å². The second-order valence-corrected chi connectivity index (χ2v) is 9.49. The highest BCUT2D eigenvalue weighted by atomic mass is 19.4. The number of fused-ring (bicyclic) bond motifs is 3. The number of aromatic nitrogens is 3. The molecule has 2 aliphatic rings. The maximum atomic E-state index is 13.4. The lowest BCUT2D eigenvalue weighted by Gasteiger charge is -2.22. The van der Waals surface area contributed by atoms with Gasteiger partial charge < -0.3 is 10.2 Å². The fraction of sp³-hybridized carbons (Fsp3) is 0.458. The van der Waals surface area contributed by atoms with Crippen LogP contribution in [0, 0.1) is 19.3 Å². The number of aryl methyl sites for hydroxylation is 1. The molecule has 1 aliphatic heterocycles. The number of halogens is 3. The normalized spacial score (nSPS) is 17.8. The number of anilines is 1. The summed E-state index contributed by atoms with van der Waals surface area (Å²) >= 11 is 0. The van der Waals surface area contributed by atoms with E-state index in [1.165, 1.54) is 13.0 Å². The molecule has 1 atom stereocenters. The molecule has 3 aromatic rings. The van der Waals surface area contributed by atoms with Crippen LogP contribution in [-0.2, 0) is 24.1 Å². The number of amides is 1. The van der Waals surface area contributed by atoms with Crippen LogP contribution in [0.15, 0.2) is 24.4 Å². The van der Waals surface area contributed by atoms with Crippen LogP contribution in [0.25, 0.3) is 5.65 Å². The van der Waals surface area contributed by atoms with Crippen molar-refractivity contribution in [1.82, 2.24) is 19.3 Å². The van der Waals surface area contributed by atoms with E-state index in [4.69, 9.17) is 4.98 Å². The summed E-state index contributed by atoms with van der Waals surface area (Å²) < 4.78 is 42.2. The average Bonchev–Trinajstić information content (AvgIpc) is 3.17. The first-order valence-electron chi connectivity index (χ1n) is 11.1. The maximum Gasteiger partial charge on any atom is 0.416 e. The number of rotatable bonds is 4. The average molecular weight is 458 g/mol. The molecule has 1 aromatic carbocycles. The summed E-state index contributed by atoms with van der Waals surface area (Å²) in [7, 11) is 0. The zero-order chi connectivity index (χ0) is 23.7. The second-order valence-electron chi connectivity index (χ2n) is 9.49. The number of carbonyl (C=O) groups is 1. The third-order valence-corrected chi connectivity index (χ3v) is 7.04. The van der Waals surface area contributed by atoms with Gasteiger partial charge in [0.2, 0.25) is 5.91 Å². The van der Waals surface area contributed by atoms with Gasteiger partial charge in [0.15, 0.2) is 5.65 Å². The summed E-state index contributed by atoms with van der Waals surface area (Å²) in [5.74, 6) is 1.50. The largest absolute Gasteiger partial charge is 0.416 e. The fourth-order valence-electron chi connectivity index (χ4n) is 4.82. The van der Waals surface area contributed by atoms with Gasteiger partial charge in [0.25, 0.3) is 0 Å². The highest BCUT2D eigenvalue weighted by Crippen LogP contribution is 2.48. The summed E-state index contributed by atoms with van der Waals surface area (Å²) in [6.45, 7) is 8.09. The zero-order valence-corrected chi connectivity index (χ0v) is 19.0. The van der Waals surface area contributed by atoms with Crippen molar-refractivity contribution in [2.75, 3.05) is 5.32 Å². The van der Waals surface area contributed by atoms with Crippen LogP contribution >= 0.6 is 0 Å². The number of alkyl halides is 3. The predicted molar refractivity (Wildman–Crippen MR) is 118 cm³/mol. The Morgan fingerprint density at radius 1 is 1.21 bits per heavy atom. The molecule has 0 unspecified atom stereocenters. The van der Waals surface area contributed by atoms with E-state index in [2.05, 4.69) is 10.3 Å². The summed E-state index contributed by atoms with van der Waals surface area (Å²) in [4.78, 5) is 24.0. The Morgan fingerprint density at radius 2 is 1.94 bits per heavy atom. The van der Waals surface area contributed by atoms with Gasteiger partial charge in [-0.1, -0.05) is 19.1 Å². The van der Waals surface area contributed by atoms with E-state index >= 15 is 0 Å². The lowest BCUT2D eigenvalue weighted by molar-refractivity contribution is -0.138. The Labute approximate surface area is 189 Å². The molecule has 174 valence electrons. The second kappa shape index (κ2) is 7.20. The molecule has 2 aromatic heterocycles. The summed E-state index contributed by atoms with van der Waals surface area (Å²) in [6, 6.07) is 3.82. The minimum atomic E-state index is -4.41. The van der Waals surface area contributed by atoms with E-state index in [1.807, 2.05) is 30.1 Å². The molecular formula is C24H26F3N5O. The molecule has 0 spiro atoms. The maximum absolute atomic E-state index is 13.4. The van der Waals surface area contributed by atoms with E-state index in [-0.39, 0.29) is 16.9 Å². The molecule has 0 bridgehead atoms. The number of hydrogen-bond acceptors (Lipinski definition) is 4. The lowest BCUT2D eigenvalue weighted by Crippen LogP contribution is -2.31. The van der Waals surface area contributed by atoms with Gasteiger partial charge in [0, 0.05) is 11.0 Å². The highest BCUT2D eigenvalue weighted by Gasteiger charge is 2.48. The Kier molecular flexibility index (Phi) is 4.74. The highest BCUT2D eigenvalue weighted by molar-refractivity contribution is 5.85. The number of nitrogens with zero attached hydrogens (tertiary/aromatic N) is 4. The van der Waals surface area contributed by atoms with Gasteiger partial charge in [0.1, 0.15) is 11.6 Å². The molecular weight excluding hydrogens is 431 g/mol. The Bertz CT molecular complexity index is 1280. The van der Waals surface area contributed by atoms with Gasteiger partial charge in [-0.3, -0.25) is 9.20 Å². The smallest absolute Gasteiger partial charge is 0.363 e. The van der Waals surface area contributed by atoms with Crippen LogP contribution < -0.4 is 5.32 Å². The van der Waals surface area contributed by atoms with Crippen molar-refractivity contribution < 1.29 is 18.0 Å². The topological polar surface area (TPSA) is 62.5 Å². The van der Waals surface area contributed by atoms with Gasteiger partial charge in [-0.25, -0.2) is 9.97 Å². The third kappa shape index (κ3) is 3.54. The van der Waals surface area contributed by atoms with Crippen molar-refractivity contribution >= 4 is 17.4 Å². The van der Waals surface area contributed by atoms with Crippen molar-refractivity contribution in [3.63, 3.8) is 0 Å². The molecule has 3 heterocycles. The lowest BCUT2D eigenvalue weighted by atomic mass is 9.97. The quantitative estimate of drug-likeness (QED) is 0.586. The zero-order valence-electron chi connectivity index (χ0n) is 19.0.